The fourth-order valence-electron chi connectivity index (χ4n) is 2.24. The minimum atomic E-state index is -0.179. The van der Waals surface area contributed by atoms with Gasteiger partial charge in [-0.05, 0) is 43.5 Å². The molecule has 0 spiro atoms. The van der Waals surface area contributed by atoms with Crippen LogP contribution in [0, 0.1) is 0 Å². The maximum atomic E-state index is 12.5. The second-order valence-corrected chi connectivity index (χ2v) is 6.98. The number of rotatable bonds is 6. The zero-order valence-electron chi connectivity index (χ0n) is 12.5. The molecule has 2 aromatic rings. The van der Waals surface area contributed by atoms with Crippen molar-refractivity contribution in [3.63, 3.8) is 0 Å². The second kappa shape index (κ2) is 7.97. The number of hydrogen-bond acceptors (Lipinski definition) is 2. The third-order valence-electron chi connectivity index (χ3n) is 3.63. The van der Waals surface area contributed by atoms with Gasteiger partial charge in [0, 0.05) is 5.02 Å². The van der Waals surface area contributed by atoms with Crippen LogP contribution in [0.5, 0.6) is 0 Å². The lowest BCUT2D eigenvalue weighted by Crippen LogP contribution is -3.15. The van der Waals surface area contributed by atoms with Gasteiger partial charge in [-0.1, -0.05) is 29.3 Å². The van der Waals surface area contributed by atoms with E-state index in [0.717, 1.165) is 13.1 Å². The maximum absolute atomic E-state index is 12.5. The first kappa shape index (κ1) is 17.3. The number of hydrogen-bond donors (Lipinski definition) is 2. The summed E-state index contributed by atoms with van der Waals surface area (Å²) in [7, 11) is 0. The average molecular weight is 358 g/mol. The minimum Gasteiger partial charge on any atom is -0.321 e. The molecule has 0 aliphatic carbocycles. The van der Waals surface area contributed by atoms with E-state index in [1.165, 1.54) is 9.78 Å². The van der Waals surface area contributed by atoms with Gasteiger partial charge in [-0.25, -0.2) is 0 Å². The highest BCUT2D eigenvalue weighted by Crippen LogP contribution is 2.25. The van der Waals surface area contributed by atoms with Gasteiger partial charge in [0.2, 0.25) is 0 Å². The Morgan fingerprint density at radius 2 is 2.14 bits per heavy atom. The Bertz CT molecular complexity index is 631. The van der Waals surface area contributed by atoms with E-state index < -0.39 is 0 Å². The van der Waals surface area contributed by atoms with Gasteiger partial charge in [0.05, 0.1) is 22.1 Å². The number of nitrogens with one attached hydrogen (secondary N) is 2. The van der Waals surface area contributed by atoms with Crippen molar-refractivity contribution in [3.05, 3.63) is 50.6 Å². The third-order valence-corrected chi connectivity index (χ3v) is 5.07. The van der Waals surface area contributed by atoms with E-state index in [0.29, 0.717) is 15.7 Å². The molecule has 1 amide bonds. The van der Waals surface area contributed by atoms with Crippen LogP contribution < -0.4 is 10.2 Å². The van der Waals surface area contributed by atoms with Crippen LogP contribution in [0.2, 0.25) is 10.0 Å². The fraction of sp³-hybridized carbons (Fsp3) is 0.312. The number of carbonyl (C=O) groups excluding carboxylic acids is 1. The molecule has 118 valence electrons. The van der Waals surface area contributed by atoms with E-state index in [1.807, 2.05) is 13.0 Å². The molecule has 6 heteroatoms. The van der Waals surface area contributed by atoms with E-state index in [2.05, 4.69) is 23.7 Å². The molecule has 1 aromatic carbocycles. The van der Waals surface area contributed by atoms with Crippen LogP contribution in [-0.4, -0.2) is 18.5 Å². The molecule has 1 heterocycles. The molecule has 2 N–H and O–H groups in total. The Kier molecular flexibility index (Phi) is 6.26. The fourth-order valence-corrected chi connectivity index (χ4v) is 3.34. The SMILES string of the molecule is CC[NH+](Cc1cccs1)[C@@H](C)C(=O)Nc1cc(Cl)ccc1Cl. The maximum Gasteiger partial charge on any atom is 0.282 e. The summed E-state index contributed by atoms with van der Waals surface area (Å²) < 4.78 is 0. The molecule has 0 saturated carbocycles. The molecule has 1 aromatic heterocycles. The number of benzene rings is 1. The van der Waals surface area contributed by atoms with Crippen molar-refractivity contribution in [2.45, 2.75) is 26.4 Å². The summed E-state index contributed by atoms with van der Waals surface area (Å²) in [6.07, 6.45) is 0. The Morgan fingerprint density at radius 3 is 2.77 bits per heavy atom. The molecule has 3 nitrogen and oxygen atoms in total. The Morgan fingerprint density at radius 1 is 1.36 bits per heavy atom. The van der Waals surface area contributed by atoms with Gasteiger partial charge in [-0.3, -0.25) is 4.79 Å². The third kappa shape index (κ3) is 4.46. The van der Waals surface area contributed by atoms with E-state index in [9.17, 15) is 4.79 Å². The monoisotopic (exact) mass is 357 g/mol. The number of quaternary nitrogens is 1. The van der Waals surface area contributed by atoms with Gasteiger partial charge in [-0.15, -0.1) is 11.3 Å². The number of amides is 1. The van der Waals surface area contributed by atoms with Crippen LogP contribution >= 0.6 is 34.5 Å². The minimum absolute atomic E-state index is 0.0578. The standard InChI is InChI=1S/C16H18Cl2N2OS/c1-3-20(10-13-5-4-8-22-13)11(2)16(21)19-15-9-12(17)6-7-14(15)18/h4-9,11H,3,10H2,1-2H3,(H,19,21)/p+1/t11-/m0/s1. The summed E-state index contributed by atoms with van der Waals surface area (Å²) in [6.45, 7) is 5.72. The number of halogens is 2. The van der Waals surface area contributed by atoms with E-state index in [-0.39, 0.29) is 11.9 Å². The lowest BCUT2D eigenvalue weighted by molar-refractivity contribution is -0.925. The molecule has 2 rings (SSSR count). The molecule has 0 aliphatic rings. The topological polar surface area (TPSA) is 33.5 Å². The summed E-state index contributed by atoms with van der Waals surface area (Å²) in [6, 6.07) is 8.99. The first-order chi connectivity index (χ1) is 10.5. The lowest BCUT2D eigenvalue weighted by atomic mass is 10.2. The molecule has 2 atom stereocenters. The average Bonchev–Trinajstić information content (AvgIpc) is 3.00. The number of carbonyl (C=O) groups is 1. The van der Waals surface area contributed by atoms with Crippen LogP contribution in [0.25, 0.3) is 0 Å². The van der Waals surface area contributed by atoms with Gasteiger partial charge in [0.1, 0.15) is 6.54 Å². The quantitative estimate of drug-likeness (QED) is 0.814. The number of thiophene rings is 1. The van der Waals surface area contributed by atoms with Crippen molar-refractivity contribution >= 4 is 46.1 Å². The zero-order valence-corrected chi connectivity index (χ0v) is 14.9. The normalized spacial score (nSPS) is 13.6. The molecule has 0 radical (unpaired) electrons. The predicted molar refractivity (Wildman–Crippen MR) is 94.1 cm³/mol. The van der Waals surface area contributed by atoms with Crippen molar-refractivity contribution in [2.24, 2.45) is 0 Å². The molecule has 0 saturated heterocycles. The van der Waals surface area contributed by atoms with Crippen LogP contribution in [0.3, 0.4) is 0 Å². The van der Waals surface area contributed by atoms with Crippen LogP contribution in [0.15, 0.2) is 35.7 Å². The predicted octanol–water partition coefficient (Wildman–Crippen LogP) is 3.49. The summed E-state index contributed by atoms with van der Waals surface area (Å²) in [5.41, 5.74) is 0.553. The van der Waals surface area contributed by atoms with Crippen molar-refractivity contribution in [1.29, 1.82) is 0 Å². The van der Waals surface area contributed by atoms with Gasteiger partial charge in [-0.2, -0.15) is 0 Å². The van der Waals surface area contributed by atoms with Crippen LogP contribution in [0.4, 0.5) is 5.69 Å². The Balaban J connectivity index is 2.05. The Labute approximate surface area is 144 Å². The number of anilines is 1. The molecule has 0 aliphatic heterocycles. The van der Waals surface area contributed by atoms with Gasteiger partial charge in [0.25, 0.3) is 5.91 Å². The molecular formula is C16H19Cl2N2OS+. The smallest absolute Gasteiger partial charge is 0.282 e. The summed E-state index contributed by atoms with van der Waals surface area (Å²) in [5.74, 6) is -0.0578. The van der Waals surface area contributed by atoms with Gasteiger partial charge in [0.15, 0.2) is 6.04 Å². The lowest BCUT2D eigenvalue weighted by Gasteiger charge is -2.23. The van der Waals surface area contributed by atoms with E-state index >= 15 is 0 Å². The first-order valence-corrected chi connectivity index (χ1v) is 8.77. The van der Waals surface area contributed by atoms with Gasteiger partial charge >= 0.3 is 0 Å². The van der Waals surface area contributed by atoms with Gasteiger partial charge < -0.3 is 10.2 Å². The van der Waals surface area contributed by atoms with E-state index in [1.54, 1.807) is 29.5 Å². The highest BCUT2D eigenvalue weighted by molar-refractivity contribution is 7.09. The van der Waals surface area contributed by atoms with Crippen molar-refractivity contribution in [2.75, 3.05) is 11.9 Å². The highest BCUT2D eigenvalue weighted by atomic mass is 35.5. The van der Waals surface area contributed by atoms with Crippen molar-refractivity contribution < 1.29 is 9.69 Å². The second-order valence-electron chi connectivity index (χ2n) is 5.10. The zero-order chi connectivity index (χ0) is 16.1. The molecular weight excluding hydrogens is 339 g/mol. The number of likely N-dealkylation sites (N-methyl/N-ethyl adjacent to an activating group) is 1. The first-order valence-electron chi connectivity index (χ1n) is 7.14. The molecule has 0 bridgehead atoms. The molecule has 1 unspecified atom stereocenters. The summed E-state index contributed by atoms with van der Waals surface area (Å²) in [5, 5.41) is 5.96. The van der Waals surface area contributed by atoms with E-state index in [4.69, 9.17) is 23.2 Å². The molecule has 0 fully saturated rings. The highest BCUT2D eigenvalue weighted by Gasteiger charge is 2.25. The summed E-state index contributed by atoms with van der Waals surface area (Å²) >= 11 is 13.8. The molecule has 22 heavy (non-hydrogen) atoms. The largest absolute Gasteiger partial charge is 0.321 e. The van der Waals surface area contributed by atoms with Crippen LogP contribution in [-0.2, 0) is 11.3 Å². The summed E-state index contributed by atoms with van der Waals surface area (Å²) in [4.78, 5) is 15.0. The van der Waals surface area contributed by atoms with Crippen LogP contribution in [0.1, 0.15) is 18.7 Å². The van der Waals surface area contributed by atoms with Crippen molar-refractivity contribution in [3.8, 4) is 0 Å². The Hall–Kier alpha value is -1.07. The van der Waals surface area contributed by atoms with Crippen molar-refractivity contribution in [1.82, 2.24) is 0 Å².